The lowest BCUT2D eigenvalue weighted by atomic mass is 9.97. The molecule has 0 fully saturated rings. The van der Waals surface area contributed by atoms with Gasteiger partial charge < -0.3 is 4.74 Å². The summed E-state index contributed by atoms with van der Waals surface area (Å²) in [6.45, 7) is 6.73. The molecule has 0 aliphatic rings. The van der Waals surface area contributed by atoms with Gasteiger partial charge in [0.1, 0.15) is 0 Å². The number of aryl methyl sites for hydroxylation is 2. The Kier molecular flexibility index (Phi) is 7.02. The van der Waals surface area contributed by atoms with Crippen LogP contribution in [0, 0.1) is 13.8 Å². The van der Waals surface area contributed by atoms with Gasteiger partial charge in [-0.1, -0.05) is 85.6 Å². The molecule has 0 heterocycles. The summed E-state index contributed by atoms with van der Waals surface area (Å²) < 4.78 is 5.17. The fourth-order valence-corrected chi connectivity index (χ4v) is 3.25. The second-order valence-electron chi connectivity index (χ2n) is 7.37. The Labute approximate surface area is 173 Å². The van der Waals surface area contributed by atoms with E-state index < -0.39 is 0 Å². The second kappa shape index (κ2) is 9.88. The first-order valence-electron chi connectivity index (χ1n) is 10.2. The van der Waals surface area contributed by atoms with Crippen molar-refractivity contribution in [1.82, 2.24) is 0 Å². The van der Waals surface area contributed by atoms with Crippen molar-refractivity contribution in [2.24, 2.45) is 0 Å². The summed E-state index contributed by atoms with van der Waals surface area (Å²) in [7, 11) is 0. The second-order valence-corrected chi connectivity index (χ2v) is 7.37. The van der Waals surface area contributed by atoms with Crippen molar-refractivity contribution in [3.05, 3.63) is 89.5 Å². The van der Waals surface area contributed by atoms with Crippen LogP contribution in [0.15, 0.2) is 72.8 Å². The van der Waals surface area contributed by atoms with Crippen molar-refractivity contribution < 1.29 is 9.53 Å². The fourth-order valence-electron chi connectivity index (χ4n) is 3.25. The number of carbonyl (C=O) groups is 1. The lowest BCUT2D eigenvalue weighted by Gasteiger charge is -2.08. The van der Waals surface area contributed by atoms with Gasteiger partial charge in [-0.15, -0.1) is 0 Å². The molecule has 3 rings (SSSR count). The maximum Gasteiger partial charge on any atom is 0.330 e. The van der Waals surface area contributed by atoms with Crippen LogP contribution in [0.4, 0.5) is 0 Å². The molecule has 0 spiro atoms. The molecular formula is C27H28O2. The van der Waals surface area contributed by atoms with Crippen LogP contribution in [-0.2, 0) is 9.53 Å². The minimum absolute atomic E-state index is 0.284. The van der Waals surface area contributed by atoms with Crippen molar-refractivity contribution in [2.75, 3.05) is 6.61 Å². The molecule has 2 heteroatoms. The van der Waals surface area contributed by atoms with Crippen LogP contribution < -0.4 is 0 Å². The summed E-state index contributed by atoms with van der Waals surface area (Å²) in [5, 5.41) is 0. The third-order valence-corrected chi connectivity index (χ3v) is 4.98. The molecule has 0 N–H and O–H groups in total. The van der Waals surface area contributed by atoms with Crippen molar-refractivity contribution in [1.29, 1.82) is 0 Å². The van der Waals surface area contributed by atoms with Crippen molar-refractivity contribution in [2.45, 2.75) is 33.6 Å². The summed E-state index contributed by atoms with van der Waals surface area (Å²) in [4.78, 5) is 11.8. The molecule has 148 valence electrons. The molecule has 2 nitrogen and oxygen atoms in total. The highest BCUT2D eigenvalue weighted by Crippen LogP contribution is 2.27. The van der Waals surface area contributed by atoms with Crippen LogP contribution in [0.3, 0.4) is 0 Å². The van der Waals surface area contributed by atoms with Gasteiger partial charge >= 0.3 is 5.97 Å². The smallest absolute Gasteiger partial charge is 0.330 e. The first-order valence-corrected chi connectivity index (χ1v) is 10.2. The van der Waals surface area contributed by atoms with Crippen molar-refractivity contribution in [3.63, 3.8) is 0 Å². The van der Waals surface area contributed by atoms with E-state index in [2.05, 4.69) is 87.5 Å². The average molecular weight is 385 g/mol. The maximum atomic E-state index is 11.8. The van der Waals surface area contributed by atoms with Gasteiger partial charge in [0.05, 0.1) is 6.61 Å². The van der Waals surface area contributed by atoms with Gasteiger partial charge in [0.2, 0.25) is 0 Å². The number of carbonyl (C=O) groups excluding carboxylic acids is 1. The number of hydrogen-bond acceptors (Lipinski definition) is 2. The first-order chi connectivity index (χ1) is 14.1. The summed E-state index contributed by atoms with van der Waals surface area (Å²) >= 11 is 0. The van der Waals surface area contributed by atoms with E-state index in [-0.39, 0.29) is 5.97 Å². The largest absolute Gasteiger partial charge is 0.463 e. The van der Waals surface area contributed by atoms with Gasteiger partial charge in [-0.2, -0.15) is 0 Å². The number of hydrogen-bond donors (Lipinski definition) is 0. The fraction of sp³-hybridized carbons (Fsp3) is 0.222. The van der Waals surface area contributed by atoms with Crippen LogP contribution in [0.2, 0.25) is 0 Å². The highest BCUT2D eigenvalue weighted by molar-refractivity contribution is 5.87. The Morgan fingerprint density at radius 2 is 1.52 bits per heavy atom. The van der Waals surface area contributed by atoms with E-state index in [0.717, 1.165) is 24.0 Å². The molecule has 29 heavy (non-hydrogen) atoms. The summed E-state index contributed by atoms with van der Waals surface area (Å²) in [6.07, 6.45) is 5.25. The molecule has 0 saturated heterocycles. The average Bonchev–Trinajstić information content (AvgIpc) is 2.73. The quantitative estimate of drug-likeness (QED) is 0.249. The third-order valence-electron chi connectivity index (χ3n) is 4.98. The Balaban J connectivity index is 1.72. The number of esters is 1. The van der Waals surface area contributed by atoms with Gasteiger partial charge in [-0.25, -0.2) is 4.79 Å². The predicted octanol–water partition coefficient (Wildman–Crippen LogP) is 6.99. The standard InChI is InChI=1S/C27H28O2/c1-4-5-17-29-27(28)16-15-22-9-14-26(19-21(22)3)24-12-10-23(11-13-24)25-8-6-7-20(2)18-25/h6-16,18-19H,4-5,17H2,1-3H3/b16-15+. The van der Waals surface area contributed by atoms with Crippen LogP contribution >= 0.6 is 0 Å². The third kappa shape index (κ3) is 5.68. The van der Waals surface area contributed by atoms with E-state index in [1.165, 1.54) is 33.9 Å². The molecule has 0 aliphatic carbocycles. The topological polar surface area (TPSA) is 26.3 Å². The zero-order chi connectivity index (χ0) is 20.6. The molecular weight excluding hydrogens is 356 g/mol. The highest BCUT2D eigenvalue weighted by Gasteiger charge is 2.04. The van der Waals surface area contributed by atoms with Crippen molar-refractivity contribution in [3.8, 4) is 22.3 Å². The van der Waals surface area contributed by atoms with E-state index in [9.17, 15) is 4.79 Å². The molecule has 0 unspecified atom stereocenters. The predicted molar refractivity (Wildman–Crippen MR) is 122 cm³/mol. The molecule has 0 atom stereocenters. The molecule has 0 saturated carbocycles. The zero-order valence-electron chi connectivity index (χ0n) is 17.4. The van der Waals surface area contributed by atoms with Crippen LogP contribution in [0.25, 0.3) is 28.3 Å². The Morgan fingerprint density at radius 1 is 0.862 bits per heavy atom. The number of unbranched alkanes of at least 4 members (excludes halogenated alkanes) is 1. The Morgan fingerprint density at radius 3 is 2.14 bits per heavy atom. The normalized spacial score (nSPS) is 11.0. The lowest BCUT2D eigenvalue weighted by Crippen LogP contribution is -2.01. The monoisotopic (exact) mass is 384 g/mol. The van der Waals surface area contributed by atoms with Crippen LogP contribution in [0.5, 0.6) is 0 Å². The van der Waals surface area contributed by atoms with Gasteiger partial charge in [0, 0.05) is 6.08 Å². The van der Waals surface area contributed by atoms with Gasteiger partial charge in [0.25, 0.3) is 0 Å². The van der Waals surface area contributed by atoms with E-state index in [1.54, 1.807) is 0 Å². The summed E-state index contributed by atoms with van der Waals surface area (Å²) in [5.74, 6) is -0.284. The molecule has 0 amide bonds. The van der Waals surface area contributed by atoms with Crippen LogP contribution in [0.1, 0.15) is 36.5 Å². The zero-order valence-corrected chi connectivity index (χ0v) is 17.4. The molecule has 3 aromatic carbocycles. The minimum Gasteiger partial charge on any atom is -0.463 e. The molecule has 0 bridgehead atoms. The number of benzene rings is 3. The first kappa shape index (κ1) is 20.6. The van der Waals surface area contributed by atoms with Gasteiger partial charge in [-0.05, 0) is 59.7 Å². The lowest BCUT2D eigenvalue weighted by molar-refractivity contribution is -0.137. The van der Waals surface area contributed by atoms with Gasteiger partial charge in [0.15, 0.2) is 0 Å². The summed E-state index contributed by atoms with van der Waals surface area (Å²) in [5.41, 5.74) is 8.22. The van der Waals surface area contributed by atoms with E-state index in [0.29, 0.717) is 6.61 Å². The minimum atomic E-state index is -0.284. The van der Waals surface area contributed by atoms with Gasteiger partial charge in [-0.3, -0.25) is 0 Å². The number of ether oxygens (including phenoxy) is 1. The summed E-state index contributed by atoms with van der Waals surface area (Å²) in [6, 6.07) is 23.5. The molecule has 3 aromatic rings. The van der Waals surface area contributed by atoms with E-state index >= 15 is 0 Å². The van der Waals surface area contributed by atoms with E-state index in [4.69, 9.17) is 4.74 Å². The number of rotatable bonds is 7. The molecule has 0 aromatic heterocycles. The SMILES string of the molecule is CCCCOC(=O)/C=C/c1ccc(-c2ccc(-c3cccc(C)c3)cc2)cc1C. The molecule has 0 radical (unpaired) electrons. The molecule has 0 aliphatic heterocycles. The maximum absolute atomic E-state index is 11.8. The Bertz CT molecular complexity index is 997. The van der Waals surface area contributed by atoms with Crippen molar-refractivity contribution >= 4 is 12.0 Å². The highest BCUT2D eigenvalue weighted by atomic mass is 16.5. The van der Waals surface area contributed by atoms with E-state index in [1.807, 2.05) is 6.08 Å². The van der Waals surface area contributed by atoms with Crippen LogP contribution in [-0.4, -0.2) is 12.6 Å². The Hall–Kier alpha value is -3.13.